The number of benzene rings is 2. The molecule has 0 radical (unpaired) electrons. The third-order valence-corrected chi connectivity index (χ3v) is 7.00. The van der Waals surface area contributed by atoms with Crippen LogP contribution in [-0.2, 0) is 21.9 Å². The van der Waals surface area contributed by atoms with E-state index in [1.807, 2.05) is 0 Å². The van der Waals surface area contributed by atoms with E-state index >= 15 is 0 Å². The maximum absolute atomic E-state index is 13.9. The molecule has 0 amide bonds. The number of carbonyl (C=O) groups excluding carboxylic acids is 1. The molecule has 2 N–H and O–H groups in total. The minimum Gasteiger partial charge on any atom is -0.463 e. The van der Waals surface area contributed by atoms with Gasteiger partial charge in [0.2, 0.25) is 0 Å². The summed E-state index contributed by atoms with van der Waals surface area (Å²) in [5, 5.41) is 9.92. The van der Waals surface area contributed by atoms with Crippen LogP contribution in [0.15, 0.2) is 58.9 Å². The van der Waals surface area contributed by atoms with Crippen LogP contribution in [0.25, 0.3) is 17.5 Å². The van der Waals surface area contributed by atoms with Crippen LogP contribution in [0.3, 0.4) is 0 Å². The standard InChI is InChI=1S/C26H17F6N3O3S/c1-2-38-24(37)20-19(14-8-4-6-10-17(14)26(30,31)32)15(12-33)21(34)35-22(36)18(39-23(20)35)11-13-7-3-5-9-16(13)25(27,28)29/h3-11,19H,2,34H2,1H3/t19-/m1/s1. The van der Waals surface area contributed by atoms with Gasteiger partial charge in [-0.1, -0.05) is 36.4 Å². The molecule has 13 heteroatoms. The fourth-order valence-electron chi connectivity index (χ4n) is 4.29. The molecule has 202 valence electrons. The third kappa shape index (κ3) is 4.95. The smallest absolute Gasteiger partial charge is 0.416 e. The molecular weight excluding hydrogens is 548 g/mol. The van der Waals surface area contributed by atoms with Crippen LogP contribution >= 0.6 is 11.3 Å². The van der Waals surface area contributed by atoms with Gasteiger partial charge >= 0.3 is 18.3 Å². The topological polar surface area (TPSA) is 98.1 Å². The summed E-state index contributed by atoms with van der Waals surface area (Å²) >= 11 is 0.551. The maximum atomic E-state index is 13.9. The van der Waals surface area contributed by atoms with E-state index in [4.69, 9.17) is 10.5 Å². The summed E-state index contributed by atoms with van der Waals surface area (Å²) in [4.78, 5) is 26.5. The monoisotopic (exact) mass is 565 g/mol. The lowest BCUT2D eigenvalue weighted by molar-refractivity contribution is -0.139. The molecule has 0 aliphatic carbocycles. The first kappa shape index (κ1) is 27.7. The molecule has 6 nitrogen and oxygen atoms in total. The Hall–Kier alpha value is -4.31. The van der Waals surface area contributed by atoms with Gasteiger partial charge in [-0.2, -0.15) is 31.6 Å². The number of rotatable bonds is 4. The Kier molecular flexibility index (Phi) is 7.18. The largest absolute Gasteiger partial charge is 0.463 e. The van der Waals surface area contributed by atoms with Crippen molar-refractivity contribution in [3.8, 4) is 6.07 Å². The number of nitrogens with zero attached hydrogens (tertiary/aromatic N) is 2. The van der Waals surface area contributed by atoms with Crippen molar-refractivity contribution in [3.63, 3.8) is 0 Å². The first-order valence-corrected chi connectivity index (χ1v) is 12.0. The molecule has 0 unspecified atom stereocenters. The number of nitrogens with two attached hydrogens (primary N) is 1. The van der Waals surface area contributed by atoms with Crippen molar-refractivity contribution in [1.82, 2.24) is 4.57 Å². The van der Waals surface area contributed by atoms with Crippen molar-refractivity contribution >= 4 is 34.8 Å². The molecule has 39 heavy (non-hydrogen) atoms. The summed E-state index contributed by atoms with van der Waals surface area (Å²) in [6.07, 6.45) is -8.68. The van der Waals surface area contributed by atoms with Crippen molar-refractivity contribution in [3.05, 3.63) is 95.9 Å². The summed E-state index contributed by atoms with van der Waals surface area (Å²) in [6, 6.07) is 10.4. The molecular formula is C26H17F6N3O3S. The number of esters is 1. The average molecular weight is 565 g/mol. The number of nitriles is 1. The van der Waals surface area contributed by atoms with Gasteiger partial charge in [0.15, 0.2) is 0 Å². The van der Waals surface area contributed by atoms with Gasteiger partial charge in [-0.05, 0) is 36.3 Å². The van der Waals surface area contributed by atoms with Gasteiger partial charge in [0.1, 0.15) is 10.5 Å². The molecule has 1 aromatic heterocycles. The van der Waals surface area contributed by atoms with Crippen LogP contribution < -0.4 is 20.5 Å². The summed E-state index contributed by atoms with van der Waals surface area (Å²) in [5.74, 6) is -3.33. The van der Waals surface area contributed by atoms with Crippen molar-refractivity contribution in [1.29, 1.82) is 5.26 Å². The minimum atomic E-state index is -4.88. The van der Waals surface area contributed by atoms with Gasteiger partial charge in [-0.25, -0.2) is 4.79 Å². The number of hydrogen-bond acceptors (Lipinski definition) is 6. The minimum absolute atomic E-state index is 0.190. The lowest BCUT2D eigenvalue weighted by Crippen LogP contribution is -2.40. The number of halogens is 6. The molecule has 0 fully saturated rings. The highest BCUT2D eigenvalue weighted by Gasteiger charge is 2.42. The van der Waals surface area contributed by atoms with Gasteiger partial charge in [0, 0.05) is 0 Å². The fourth-order valence-corrected chi connectivity index (χ4v) is 5.45. The number of ether oxygens (including phenoxy) is 1. The second kappa shape index (κ2) is 10.1. The van der Waals surface area contributed by atoms with Crippen molar-refractivity contribution < 1.29 is 35.9 Å². The van der Waals surface area contributed by atoms with Crippen LogP contribution in [0, 0.1) is 11.3 Å². The molecule has 0 saturated heterocycles. The molecule has 3 aromatic rings. The van der Waals surface area contributed by atoms with Crippen LogP contribution in [0.4, 0.5) is 26.3 Å². The highest BCUT2D eigenvalue weighted by atomic mass is 32.1. The number of fused-ring (bicyclic) bond motifs is 1. The highest BCUT2D eigenvalue weighted by Crippen LogP contribution is 2.43. The summed E-state index contributed by atoms with van der Waals surface area (Å²) in [6.45, 7) is 1.26. The Morgan fingerprint density at radius 2 is 1.67 bits per heavy atom. The zero-order valence-corrected chi connectivity index (χ0v) is 20.7. The highest BCUT2D eigenvalue weighted by molar-refractivity contribution is 7.07. The van der Waals surface area contributed by atoms with E-state index in [1.165, 1.54) is 25.1 Å². The van der Waals surface area contributed by atoms with Crippen molar-refractivity contribution in [2.24, 2.45) is 5.73 Å². The van der Waals surface area contributed by atoms with Crippen LogP contribution in [-0.4, -0.2) is 17.1 Å². The summed E-state index contributed by atoms with van der Waals surface area (Å²) in [5.41, 5.74) is 1.15. The van der Waals surface area contributed by atoms with E-state index in [0.29, 0.717) is 11.3 Å². The second-order valence-corrected chi connectivity index (χ2v) is 9.23. The summed E-state index contributed by atoms with van der Waals surface area (Å²) < 4.78 is 87.7. The Bertz CT molecular complexity index is 1730. The molecule has 0 spiro atoms. The third-order valence-electron chi connectivity index (χ3n) is 5.89. The summed E-state index contributed by atoms with van der Waals surface area (Å²) in [7, 11) is 0. The van der Waals surface area contributed by atoms with E-state index in [9.17, 15) is 41.2 Å². The first-order valence-electron chi connectivity index (χ1n) is 11.2. The van der Waals surface area contributed by atoms with E-state index in [2.05, 4.69) is 0 Å². The van der Waals surface area contributed by atoms with Gasteiger partial charge in [0.25, 0.3) is 5.56 Å². The number of thiazole rings is 1. The maximum Gasteiger partial charge on any atom is 0.416 e. The predicted molar refractivity (Wildman–Crippen MR) is 130 cm³/mol. The first-order chi connectivity index (χ1) is 18.3. The van der Waals surface area contributed by atoms with Gasteiger partial charge in [-0.3, -0.25) is 9.36 Å². The van der Waals surface area contributed by atoms with Crippen molar-refractivity contribution in [2.75, 3.05) is 6.61 Å². The number of carbonyl (C=O) groups is 1. The number of alkyl halides is 6. The van der Waals surface area contributed by atoms with E-state index in [1.54, 1.807) is 6.07 Å². The van der Waals surface area contributed by atoms with Gasteiger partial charge < -0.3 is 10.5 Å². The predicted octanol–water partition coefficient (Wildman–Crippen LogP) is 3.94. The second-order valence-electron chi connectivity index (χ2n) is 8.20. The number of allylic oxidation sites excluding steroid dienone is 1. The average Bonchev–Trinajstić information content (AvgIpc) is 3.18. The molecule has 1 aliphatic heterocycles. The Labute approximate surface area is 220 Å². The zero-order valence-electron chi connectivity index (χ0n) is 19.9. The van der Waals surface area contributed by atoms with Crippen LogP contribution in [0.1, 0.15) is 35.1 Å². The molecule has 0 bridgehead atoms. The lowest BCUT2D eigenvalue weighted by atomic mass is 9.81. The Morgan fingerprint density at radius 3 is 2.26 bits per heavy atom. The number of hydrogen-bond donors (Lipinski definition) is 1. The Balaban J connectivity index is 2.15. The van der Waals surface area contributed by atoms with Crippen LogP contribution in [0.2, 0.25) is 0 Å². The Morgan fingerprint density at radius 1 is 1.08 bits per heavy atom. The SMILES string of the molecule is CCOC(=O)C1=c2sc(=Cc3ccccc3C(F)(F)F)c(=O)n2C(N)=C(C#N)[C@H]1c1ccccc1C(F)(F)F. The molecule has 1 atom stereocenters. The van der Waals surface area contributed by atoms with Gasteiger partial charge in [-0.15, -0.1) is 11.3 Å². The molecule has 0 saturated carbocycles. The van der Waals surface area contributed by atoms with Gasteiger partial charge in [0.05, 0.1) is 45.4 Å². The zero-order chi connectivity index (χ0) is 28.7. The fraction of sp³-hybridized carbons (Fsp3) is 0.192. The van der Waals surface area contributed by atoms with Crippen molar-refractivity contribution in [2.45, 2.75) is 25.2 Å². The molecule has 2 aromatic carbocycles. The molecule has 2 heterocycles. The number of aromatic nitrogens is 1. The quantitative estimate of drug-likeness (QED) is 0.382. The molecule has 4 rings (SSSR count). The molecule has 1 aliphatic rings. The van der Waals surface area contributed by atoms with E-state index in [0.717, 1.165) is 41.0 Å². The van der Waals surface area contributed by atoms with E-state index in [-0.39, 0.29) is 21.4 Å². The normalized spacial score (nSPS) is 16.2. The van der Waals surface area contributed by atoms with E-state index < -0.39 is 63.5 Å². The lowest BCUT2D eigenvalue weighted by Gasteiger charge is -2.26. The van der Waals surface area contributed by atoms with Crippen LogP contribution in [0.5, 0.6) is 0 Å².